The SMILES string of the molecule is COC(=O)CCCC(O)c1[nH]nc2ccc(Cl)cc12. The molecule has 2 rings (SSSR count). The predicted octanol–water partition coefficient (Wildman–Crippen LogP) is 2.59. The molecule has 0 fully saturated rings. The lowest BCUT2D eigenvalue weighted by Gasteiger charge is -2.08. The molecule has 1 aromatic carbocycles. The fourth-order valence-electron chi connectivity index (χ4n) is 1.94. The fourth-order valence-corrected chi connectivity index (χ4v) is 2.11. The first-order chi connectivity index (χ1) is 9.11. The lowest BCUT2D eigenvalue weighted by molar-refractivity contribution is -0.140. The van der Waals surface area contributed by atoms with Gasteiger partial charge in [0, 0.05) is 16.8 Å². The summed E-state index contributed by atoms with van der Waals surface area (Å²) in [5, 5.41) is 18.4. The van der Waals surface area contributed by atoms with Crippen molar-refractivity contribution < 1.29 is 14.6 Å². The van der Waals surface area contributed by atoms with Gasteiger partial charge in [0.25, 0.3) is 0 Å². The first kappa shape index (κ1) is 13.8. The van der Waals surface area contributed by atoms with E-state index in [0.717, 1.165) is 10.9 Å². The van der Waals surface area contributed by atoms with Gasteiger partial charge in [-0.25, -0.2) is 0 Å². The summed E-state index contributed by atoms with van der Waals surface area (Å²) < 4.78 is 4.55. The summed E-state index contributed by atoms with van der Waals surface area (Å²) in [6, 6.07) is 5.30. The molecule has 0 aliphatic heterocycles. The molecular formula is C13H15ClN2O3. The van der Waals surface area contributed by atoms with Gasteiger partial charge in [0.05, 0.1) is 24.4 Å². The molecule has 102 valence electrons. The molecule has 0 aliphatic carbocycles. The second kappa shape index (κ2) is 6.04. The van der Waals surface area contributed by atoms with E-state index in [1.54, 1.807) is 18.2 Å². The van der Waals surface area contributed by atoms with Crippen molar-refractivity contribution in [3.05, 3.63) is 28.9 Å². The van der Waals surface area contributed by atoms with Crippen molar-refractivity contribution in [2.75, 3.05) is 7.11 Å². The van der Waals surface area contributed by atoms with E-state index in [4.69, 9.17) is 11.6 Å². The van der Waals surface area contributed by atoms with Crippen molar-refractivity contribution in [2.24, 2.45) is 0 Å². The molecule has 0 saturated heterocycles. The molecular weight excluding hydrogens is 268 g/mol. The number of hydrogen-bond donors (Lipinski definition) is 2. The van der Waals surface area contributed by atoms with Crippen LogP contribution in [0.25, 0.3) is 10.9 Å². The van der Waals surface area contributed by atoms with Gasteiger partial charge in [-0.05, 0) is 31.0 Å². The Morgan fingerprint density at radius 3 is 3.11 bits per heavy atom. The number of aliphatic hydroxyl groups is 1. The van der Waals surface area contributed by atoms with Crippen LogP contribution in [0.2, 0.25) is 5.02 Å². The molecule has 1 aromatic heterocycles. The molecule has 0 aliphatic rings. The predicted molar refractivity (Wildman–Crippen MR) is 71.9 cm³/mol. The van der Waals surface area contributed by atoms with E-state index in [1.807, 2.05) is 0 Å². The van der Waals surface area contributed by atoms with E-state index in [9.17, 15) is 9.90 Å². The Morgan fingerprint density at radius 2 is 2.37 bits per heavy atom. The number of carbonyl (C=O) groups is 1. The first-order valence-corrected chi connectivity index (χ1v) is 6.38. The monoisotopic (exact) mass is 282 g/mol. The Kier molecular flexibility index (Phi) is 4.39. The number of esters is 1. The molecule has 2 N–H and O–H groups in total. The van der Waals surface area contributed by atoms with Gasteiger partial charge in [0.1, 0.15) is 0 Å². The van der Waals surface area contributed by atoms with Crippen LogP contribution in [0.1, 0.15) is 31.1 Å². The van der Waals surface area contributed by atoms with E-state index >= 15 is 0 Å². The van der Waals surface area contributed by atoms with Crippen molar-refractivity contribution in [2.45, 2.75) is 25.4 Å². The Balaban J connectivity index is 2.06. The number of aromatic nitrogens is 2. The Bertz CT molecular complexity index is 582. The van der Waals surface area contributed by atoms with Crippen LogP contribution in [0.4, 0.5) is 0 Å². The van der Waals surface area contributed by atoms with Crippen molar-refractivity contribution in [1.29, 1.82) is 0 Å². The lowest BCUT2D eigenvalue weighted by Crippen LogP contribution is -2.03. The zero-order valence-electron chi connectivity index (χ0n) is 10.5. The van der Waals surface area contributed by atoms with Crippen molar-refractivity contribution in [3.63, 3.8) is 0 Å². The molecule has 0 saturated carbocycles. The number of rotatable bonds is 5. The van der Waals surface area contributed by atoms with E-state index in [0.29, 0.717) is 30.0 Å². The van der Waals surface area contributed by atoms with Crippen LogP contribution in [0.3, 0.4) is 0 Å². The highest BCUT2D eigenvalue weighted by atomic mass is 35.5. The highest BCUT2D eigenvalue weighted by molar-refractivity contribution is 6.31. The first-order valence-electron chi connectivity index (χ1n) is 6.00. The maximum Gasteiger partial charge on any atom is 0.305 e. The van der Waals surface area contributed by atoms with Gasteiger partial charge in [0.2, 0.25) is 0 Å². The molecule has 0 radical (unpaired) electrons. The van der Waals surface area contributed by atoms with E-state index in [2.05, 4.69) is 14.9 Å². The van der Waals surface area contributed by atoms with Crippen molar-refractivity contribution in [1.82, 2.24) is 10.2 Å². The third kappa shape index (κ3) is 3.24. The lowest BCUT2D eigenvalue weighted by atomic mass is 10.1. The number of carbonyl (C=O) groups excluding carboxylic acids is 1. The zero-order valence-corrected chi connectivity index (χ0v) is 11.3. The van der Waals surface area contributed by atoms with E-state index in [-0.39, 0.29) is 5.97 Å². The molecule has 6 heteroatoms. The molecule has 2 aromatic rings. The molecule has 0 bridgehead atoms. The van der Waals surface area contributed by atoms with E-state index in [1.165, 1.54) is 7.11 Å². The Labute approximate surface area is 115 Å². The van der Waals surface area contributed by atoms with Crippen molar-refractivity contribution in [3.8, 4) is 0 Å². The number of aliphatic hydroxyl groups excluding tert-OH is 1. The highest BCUT2D eigenvalue weighted by Crippen LogP contribution is 2.27. The Hall–Kier alpha value is -1.59. The summed E-state index contributed by atoms with van der Waals surface area (Å²) >= 11 is 5.93. The minimum absolute atomic E-state index is 0.273. The minimum atomic E-state index is -0.701. The number of methoxy groups -OCH3 is 1. The number of nitrogens with zero attached hydrogens (tertiary/aromatic N) is 1. The maximum absolute atomic E-state index is 11.0. The van der Waals surface area contributed by atoms with Gasteiger partial charge >= 0.3 is 5.97 Å². The normalized spacial score (nSPS) is 12.6. The fraction of sp³-hybridized carbons (Fsp3) is 0.385. The standard InChI is InChI=1S/C13H15ClN2O3/c1-19-12(18)4-2-3-11(17)13-9-7-8(14)5-6-10(9)15-16-13/h5-7,11,17H,2-4H2,1H3,(H,15,16). The second-order valence-electron chi connectivity index (χ2n) is 4.28. The van der Waals surface area contributed by atoms with Crippen LogP contribution in [-0.4, -0.2) is 28.4 Å². The van der Waals surface area contributed by atoms with Crippen LogP contribution in [0, 0.1) is 0 Å². The topological polar surface area (TPSA) is 75.2 Å². The average Bonchev–Trinajstić information content (AvgIpc) is 2.81. The second-order valence-corrected chi connectivity index (χ2v) is 4.72. The minimum Gasteiger partial charge on any atom is -0.469 e. The maximum atomic E-state index is 11.0. The smallest absolute Gasteiger partial charge is 0.305 e. The summed E-state index contributed by atoms with van der Waals surface area (Å²) in [6.45, 7) is 0. The van der Waals surface area contributed by atoms with Gasteiger partial charge in [-0.2, -0.15) is 5.10 Å². The van der Waals surface area contributed by atoms with Crippen LogP contribution < -0.4 is 0 Å². The van der Waals surface area contributed by atoms with Crippen molar-refractivity contribution >= 4 is 28.5 Å². The summed E-state index contributed by atoms with van der Waals surface area (Å²) in [5.74, 6) is -0.273. The number of nitrogens with one attached hydrogen (secondary N) is 1. The molecule has 5 nitrogen and oxygen atoms in total. The summed E-state index contributed by atoms with van der Waals surface area (Å²) in [5.41, 5.74) is 1.38. The zero-order chi connectivity index (χ0) is 13.8. The molecule has 19 heavy (non-hydrogen) atoms. The van der Waals surface area contributed by atoms with Gasteiger partial charge in [-0.15, -0.1) is 0 Å². The molecule has 1 atom stereocenters. The number of hydrogen-bond acceptors (Lipinski definition) is 4. The van der Waals surface area contributed by atoms with E-state index < -0.39 is 6.10 Å². The number of aromatic amines is 1. The third-order valence-corrected chi connectivity index (χ3v) is 3.20. The summed E-state index contributed by atoms with van der Waals surface area (Å²) in [4.78, 5) is 11.0. The van der Waals surface area contributed by atoms with Crippen LogP contribution >= 0.6 is 11.6 Å². The molecule has 1 heterocycles. The van der Waals surface area contributed by atoms with Crippen LogP contribution in [0.5, 0.6) is 0 Å². The quantitative estimate of drug-likeness (QED) is 0.827. The number of benzene rings is 1. The van der Waals surface area contributed by atoms with Crippen LogP contribution in [-0.2, 0) is 9.53 Å². The largest absolute Gasteiger partial charge is 0.469 e. The number of halogens is 1. The number of fused-ring (bicyclic) bond motifs is 1. The molecule has 0 amide bonds. The van der Waals surface area contributed by atoms with Gasteiger partial charge < -0.3 is 9.84 Å². The summed E-state index contributed by atoms with van der Waals surface area (Å²) in [7, 11) is 1.35. The number of H-pyrrole nitrogens is 1. The van der Waals surface area contributed by atoms with Crippen LogP contribution in [0.15, 0.2) is 18.2 Å². The molecule has 1 unspecified atom stereocenters. The highest BCUT2D eigenvalue weighted by Gasteiger charge is 2.15. The molecule has 0 spiro atoms. The van der Waals surface area contributed by atoms with Gasteiger partial charge in [-0.1, -0.05) is 11.6 Å². The summed E-state index contributed by atoms with van der Waals surface area (Å²) in [6.07, 6.45) is 0.599. The number of ether oxygens (including phenoxy) is 1. The van der Waals surface area contributed by atoms with Gasteiger partial charge in [-0.3, -0.25) is 9.89 Å². The third-order valence-electron chi connectivity index (χ3n) is 2.96. The Morgan fingerprint density at radius 1 is 1.58 bits per heavy atom. The average molecular weight is 283 g/mol. The van der Waals surface area contributed by atoms with Gasteiger partial charge in [0.15, 0.2) is 0 Å².